The van der Waals surface area contributed by atoms with Gasteiger partial charge in [-0.2, -0.15) is 0 Å². The second-order valence-electron chi connectivity index (χ2n) is 3.46. The van der Waals surface area contributed by atoms with Crippen molar-refractivity contribution in [3.05, 3.63) is 0 Å². The summed E-state index contributed by atoms with van der Waals surface area (Å²) < 4.78 is 5.24. The van der Waals surface area contributed by atoms with Crippen molar-refractivity contribution < 1.29 is 9.53 Å². The Bertz CT molecular complexity index is 189. The van der Waals surface area contributed by atoms with Gasteiger partial charge in [-0.1, -0.05) is 0 Å². The van der Waals surface area contributed by atoms with Crippen LogP contribution in [0.1, 0.15) is 13.3 Å². The maximum absolute atomic E-state index is 11.3. The van der Waals surface area contributed by atoms with E-state index in [0.717, 1.165) is 19.6 Å². The average Bonchev–Trinajstić information content (AvgIpc) is 2.61. The third kappa shape index (κ3) is 1.16. The van der Waals surface area contributed by atoms with Crippen LogP contribution in [0.3, 0.4) is 0 Å². The molecule has 2 heterocycles. The third-order valence-electron chi connectivity index (χ3n) is 2.56. The molecule has 0 aromatic carbocycles. The Morgan fingerprint density at radius 2 is 2.50 bits per heavy atom. The predicted octanol–water partition coefficient (Wildman–Crippen LogP) is 0.189. The van der Waals surface area contributed by atoms with Crippen LogP contribution in [-0.4, -0.2) is 42.8 Å². The zero-order valence-corrected chi connectivity index (χ0v) is 7.25. The van der Waals surface area contributed by atoms with Gasteiger partial charge in [0.05, 0.1) is 12.6 Å². The van der Waals surface area contributed by atoms with E-state index >= 15 is 0 Å². The van der Waals surface area contributed by atoms with Crippen LogP contribution < -0.4 is 5.32 Å². The minimum atomic E-state index is 0.0676. The SMILES string of the molecule is C[C@@H]1CNC(=O)N1C1CCOC1. The van der Waals surface area contributed by atoms with E-state index in [9.17, 15) is 4.79 Å². The van der Waals surface area contributed by atoms with E-state index in [-0.39, 0.29) is 6.03 Å². The molecule has 0 aromatic heterocycles. The molecular formula is C8H14N2O2. The summed E-state index contributed by atoms with van der Waals surface area (Å²) in [7, 11) is 0. The molecule has 4 nitrogen and oxygen atoms in total. The molecule has 2 fully saturated rings. The molecule has 12 heavy (non-hydrogen) atoms. The molecule has 0 aromatic rings. The van der Waals surface area contributed by atoms with E-state index in [2.05, 4.69) is 12.2 Å². The summed E-state index contributed by atoms with van der Waals surface area (Å²) >= 11 is 0. The molecule has 2 aliphatic rings. The van der Waals surface area contributed by atoms with Crippen LogP contribution in [0.25, 0.3) is 0 Å². The lowest BCUT2D eigenvalue weighted by molar-refractivity contribution is 0.147. The topological polar surface area (TPSA) is 41.6 Å². The number of nitrogens with zero attached hydrogens (tertiary/aromatic N) is 1. The largest absolute Gasteiger partial charge is 0.379 e. The van der Waals surface area contributed by atoms with Crippen molar-refractivity contribution in [1.82, 2.24) is 10.2 Å². The highest BCUT2D eigenvalue weighted by molar-refractivity contribution is 5.77. The van der Waals surface area contributed by atoms with Crippen molar-refractivity contribution >= 4 is 6.03 Å². The molecule has 0 spiro atoms. The van der Waals surface area contributed by atoms with Gasteiger partial charge in [0, 0.05) is 19.2 Å². The van der Waals surface area contributed by atoms with Crippen molar-refractivity contribution in [1.29, 1.82) is 0 Å². The van der Waals surface area contributed by atoms with Gasteiger partial charge >= 0.3 is 6.03 Å². The Hall–Kier alpha value is -0.770. The third-order valence-corrected chi connectivity index (χ3v) is 2.56. The van der Waals surface area contributed by atoms with Gasteiger partial charge in [0.2, 0.25) is 0 Å². The first kappa shape index (κ1) is 7.86. The van der Waals surface area contributed by atoms with E-state index in [1.54, 1.807) is 0 Å². The number of ether oxygens (including phenoxy) is 1. The average molecular weight is 170 g/mol. The highest BCUT2D eigenvalue weighted by atomic mass is 16.5. The molecule has 2 rings (SSSR count). The lowest BCUT2D eigenvalue weighted by atomic mass is 10.2. The molecule has 0 radical (unpaired) electrons. The van der Waals surface area contributed by atoms with Gasteiger partial charge in [-0.3, -0.25) is 0 Å². The Morgan fingerprint density at radius 1 is 1.67 bits per heavy atom. The van der Waals surface area contributed by atoms with Gasteiger partial charge in [0.15, 0.2) is 0 Å². The number of nitrogens with one attached hydrogen (secondary N) is 1. The van der Waals surface area contributed by atoms with E-state index < -0.39 is 0 Å². The summed E-state index contributed by atoms with van der Waals surface area (Å²) in [6.45, 7) is 4.34. The van der Waals surface area contributed by atoms with Crippen molar-refractivity contribution in [3.63, 3.8) is 0 Å². The van der Waals surface area contributed by atoms with Crippen molar-refractivity contribution in [2.75, 3.05) is 19.8 Å². The lowest BCUT2D eigenvalue weighted by Gasteiger charge is -2.25. The van der Waals surface area contributed by atoms with Crippen molar-refractivity contribution in [3.8, 4) is 0 Å². The van der Waals surface area contributed by atoms with Gasteiger partial charge in [0.1, 0.15) is 0 Å². The second kappa shape index (κ2) is 2.94. The van der Waals surface area contributed by atoms with Crippen LogP contribution >= 0.6 is 0 Å². The lowest BCUT2D eigenvalue weighted by Crippen LogP contribution is -2.41. The normalized spacial score (nSPS) is 35.8. The monoisotopic (exact) mass is 170 g/mol. The number of rotatable bonds is 1. The standard InChI is InChI=1S/C8H14N2O2/c1-6-4-9-8(11)10(6)7-2-3-12-5-7/h6-7H,2-5H2,1H3,(H,9,11)/t6-,7?/m1/s1. The van der Waals surface area contributed by atoms with Crippen LogP contribution in [0.5, 0.6) is 0 Å². The molecule has 2 amide bonds. The summed E-state index contributed by atoms with van der Waals surface area (Å²) in [6, 6.07) is 0.699. The summed E-state index contributed by atoms with van der Waals surface area (Å²) in [5, 5.41) is 2.83. The van der Waals surface area contributed by atoms with Crippen LogP contribution in [0, 0.1) is 0 Å². The fourth-order valence-corrected chi connectivity index (χ4v) is 1.89. The Kier molecular flexibility index (Phi) is 1.92. The molecule has 0 saturated carbocycles. The minimum absolute atomic E-state index is 0.0676. The van der Waals surface area contributed by atoms with Gasteiger partial charge < -0.3 is 15.0 Å². The Balaban J connectivity index is 2.04. The van der Waals surface area contributed by atoms with Gasteiger partial charge in [-0.15, -0.1) is 0 Å². The molecule has 2 saturated heterocycles. The molecule has 0 aliphatic carbocycles. The van der Waals surface area contributed by atoms with Crippen LogP contribution in [-0.2, 0) is 4.74 Å². The maximum atomic E-state index is 11.3. The molecule has 1 unspecified atom stereocenters. The fourth-order valence-electron chi connectivity index (χ4n) is 1.89. The highest BCUT2D eigenvalue weighted by Gasteiger charge is 2.35. The maximum Gasteiger partial charge on any atom is 0.318 e. The molecule has 4 heteroatoms. The molecule has 0 bridgehead atoms. The Morgan fingerprint density at radius 3 is 3.00 bits per heavy atom. The first-order chi connectivity index (χ1) is 5.79. The first-order valence-electron chi connectivity index (χ1n) is 4.43. The van der Waals surface area contributed by atoms with E-state index in [1.807, 2.05) is 4.90 Å². The second-order valence-corrected chi connectivity index (χ2v) is 3.46. The summed E-state index contributed by atoms with van der Waals surface area (Å²) in [6.07, 6.45) is 0.984. The Labute approximate surface area is 71.9 Å². The molecule has 1 N–H and O–H groups in total. The number of hydrogen-bond acceptors (Lipinski definition) is 2. The van der Waals surface area contributed by atoms with Crippen LogP contribution in [0.2, 0.25) is 0 Å². The summed E-state index contributed by atoms with van der Waals surface area (Å²) in [4.78, 5) is 13.2. The van der Waals surface area contributed by atoms with Gasteiger partial charge in [-0.25, -0.2) is 4.79 Å². The zero-order valence-electron chi connectivity index (χ0n) is 7.25. The summed E-state index contributed by atoms with van der Waals surface area (Å²) in [5.74, 6) is 0. The number of hydrogen-bond donors (Lipinski definition) is 1. The quantitative estimate of drug-likeness (QED) is 0.610. The minimum Gasteiger partial charge on any atom is -0.379 e. The van der Waals surface area contributed by atoms with E-state index in [1.165, 1.54) is 0 Å². The van der Waals surface area contributed by atoms with Crippen molar-refractivity contribution in [2.45, 2.75) is 25.4 Å². The first-order valence-corrected chi connectivity index (χ1v) is 4.43. The van der Waals surface area contributed by atoms with Crippen LogP contribution in [0.15, 0.2) is 0 Å². The number of carbonyl (C=O) groups is 1. The van der Waals surface area contributed by atoms with E-state index in [4.69, 9.17) is 4.74 Å². The smallest absolute Gasteiger partial charge is 0.318 e. The zero-order chi connectivity index (χ0) is 8.55. The number of carbonyl (C=O) groups excluding carboxylic acids is 1. The number of amides is 2. The summed E-state index contributed by atoms with van der Waals surface area (Å²) in [5.41, 5.74) is 0. The molecule has 2 aliphatic heterocycles. The van der Waals surface area contributed by atoms with Gasteiger partial charge in [0.25, 0.3) is 0 Å². The van der Waals surface area contributed by atoms with Crippen molar-refractivity contribution in [2.24, 2.45) is 0 Å². The van der Waals surface area contributed by atoms with Gasteiger partial charge in [-0.05, 0) is 13.3 Å². The van der Waals surface area contributed by atoms with E-state index in [0.29, 0.717) is 18.7 Å². The predicted molar refractivity (Wildman–Crippen MR) is 43.9 cm³/mol. The van der Waals surface area contributed by atoms with Crippen LogP contribution in [0.4, 0.5) is 4.79 Å². The molecular weight excluding hydrogens is 156 g/mol. The molecule has 68 valence electrons. The number of urea groups is 1. The highest BCUT2D eigenvalue weighted by Crippen LogP contribution is 2.18. The molecule has 2 atom stereocenters. The fraction of sp³-hybridized carbons (Fsp3) is 0.875.